The molecule has 0 radical (unpaired) electrons. The van der Waals surface area contributed by atoms with Gasteiger partial charge in [-0.1, -0.05) is 18.0 Å². The minimum Gasteiger partial charge on any atom is -0.385 e. The minimum atomic E-state index is -0.757. The van der Waals surface area contributed by atoms with Crippen LogP contribution in [0, 0.1) is 0 Å². The van der Waals surface area contributed by atoms with Crippen LogP contribution < -0.4 is 5.32 Å². The molecule has 2 unspecified atom stereocenters. The van der Waals surface area contributed by atoms with Gasteiger partial charge in [0.2, 0.25) is 0 Å². The highest BCUT2D eigenvalue weighted by Gasteiger charge is 2.29. The Morgan fingerprint density at radius 2 is 2.38 bits per heavy atom. The average molecular weight is 260 g/mol. The third-order valence-corrected chi connectivity index (χ3v) is 4.64. The van der Waals surface area contributed by atoms with Crippen molar-refractivity contribution in [3.63, 3.8) is 0 Å². The summed E-state index contributed by atoms with van der Waals surface area (Å²) < 4.78 is 0.742. The molecule has 0 amide bonds. The van der Waals surface area contributed by atoms with Gasteiger partial charge in [-0.3, -0.25) is 0 Å². The third-order valence-electron chi connectivity index (χ3n) is 3.16. The Labute approximate surface area is 106 Å². The van der Waals surface area contributed by atoms with Crippen molar-refractivity contribution >= 4 is 22.9 Å². The van der Waals surface area contributed by atoms with Gasteiger partial charge in [-0.15, -0.1) is 11.3 Å². The number of nitrogens with one attached hydrogen (secondary N) is 1. The molecule has 16 heavy (non-hydrogen) atoms. The van der Waals surface area contributed by atoms with E-state index in [0.29, 0.717) is 6.04 Å². The van der Waals surface area contributed by atoms with E-state index in [4.69, 9.17) is 11.6 Å². The molecule has 1 aliphatic heterocycles. The molecular formula is C12H18ClNOS. The second-order valence-electron chi connectivity index (χ2n) is 4.73. The van der Waals surface area contributed by atoms with Crippen molar-refractivity contribution in [1.29, 1.82) is 0 Å². The van der Waals surface area contributed by atoms with Gasteiger partial charge in [0.25, 0.3) is 0 Å². The molecule has 1 aromatic rings. The summed E-state index contributed by atoms with van der Waals surface area (Å²) in [6.07, 6.45) is 4.45. The van der Waals surface area contributed by atoms with Crippen molar-refractivity contribution in [2.45, 2.75) is 44.2 Å². The first kappa shape index (κ1) is 12.4. The van der Waals surface area contributed by atoms with Crippen LogP contribution in [0.15, 0.2) is 12.1 Å². The lowest BCUT2D eigenvalue weighted by Crippen LogP contribution is -2.39. The molecule has 1 saturated heterocycles. The van der Waals surface area contributed by atoms with Crippen LogP contribution in [0.2, 0.25) is 4.34 Å². The number of rotatable bonds is 3. The van der Waals surface area contributed by atoms with E-state index < -0.39 is 5.60 Å². The molecule has 2 atom stereocenters. The molecule has 4 heteroatoms. The van der Waals surface area contributed by atoms with Gasteiger partial charge in [0.15, 0.2) is 0 Å². The first-order chi connectivity index (χ1) is 7.58. The monoisotopic (exact) mass is 259 g/mol. The highest BCUT2D eigenvalue weighted by molar-refractivity contribution is 7.16. The van der Waals surface area contributed by atoms with Crippen LogP contribution in [0.3, 0.4) is 0 Å². The van der Waals surface area contributed by atoms with Crippen molar-refractivity contribution in [3.05, 3.63) is 21.3 Å². The average Bonchev–Trinajstić information content (AvgIpc) is 2.66. The smallest absolute Gasteiger partial charge is 0.0975 e. The molecule has 0 aromatic carbocycles. The van der Waals surface area contributed by atoms with Crippen LogP contribution in [0.1, 0.15) is 37.5 Å². The predicted octanol–water partition coefficient (Wildman–Crippen LogP) is 3.14. The molecule has 90 valence electrons. The molecule has 1 aliphatic rings. The van der Waals surface area contributed by atoms with Crippen molar-refractivity contribution in [3.8, 4) is 0 Å². The molecule has 0 aliphatic carbocycles. The SMILES string of the molecule is CC(O)(CC1CCCCN1)c1ccc(Cl)s1. The first-order valence-electron chi connectivity index (χ1n) is 5.79. The Morgan fingerprint density at radius 1 is 1.56 bits per heavy atom. The van der Waals surface area contributed by atoms with Crippen LogP contribution in [-0.4, -0.2) is 17.7 Å². The largest absolute Gasteiger partial charge is 0.385 e. The van der Waals surface area contributed by atoms with Gasteiger partial charge >= 0.3 is 0 Å². The molecule has 1 fully saturated rings. The van der Waals surface area contributed by atoms with Crippen LogP contribution in [0.4, 0.5) is 0 Å². The molecule has 0 bridgehead atoms. The number of halogens is 1. The van der Waals surface area contributed by atoms with Gasteiger partial charge in [-0.05, 0) is 44.9 Å². The Kier molecular flexibility index (Phi) is 3.90. The summed E-state index contributed by atoms with van der Waals surface area (Å²) in [5, 5.41) is 13.9. The number of thiophene rings is 1. The summed E-state index contributed by atoms with van der Waals surface area (Å²) in [4.78, 5) is 0.963. The van der Waals surface area contributed by atoms with Gasteiger partial charge in [-0.2, -0.15) is 0 Å². The highest BCUT2D eigenvalue weighted by Crippen LogP contribution is 2.34. The highest BCUT2D eigenvalue weighted by atomic mass is 35.5. The van der Waals surface area contributed by atoms with E-state index in [1.165, 1.54) is 24.2 Å². The standard InChI is InChI=1S/C12H18ClNOS/c1-12(15,10-5-6-11(13)16-10)8-9-4-2-3-7-14-9/h5-6,9,14-15H,2-4,7-8H2,1H3. The van der Waals surface area contributed by atoms with Crippen LogP contribution in [0.5, 0.6) is 0 Å². The van der Waals surface area contributed by atoms with E-state index in [-0.39, 0.29) is 0 Å². The van der Waals surface area contributed by atoms with Crippen LogP contribution in [-0.2, 0) is 5.60 Å². The summed E-state index contributed by atoms with van der Waals surface area (Å²) in [5.74, 6) is 0. The number of hydrogen-bond donors (Lipinski definition) is 2. The first-order valence-corrected chi connectivity index (χ1v) is 6.99. The number of hydrogen-bond acceptors (Lipinski definition) is 3. The maximum absolute atomic E-state index is 10.5. The fraction of sp³-hybridized carbons (Fsp3) is 0.667. The van der Waals surface area contributed by atoms with Crippen LogP contribution in [0.25, 0.3) is 0 Å². The van der Waals surface area contributed by atoms with Gasteiger partial charge in [0.1, 0.15) is 0 Å². The minimum absolute atomic E-state index is 0.435. The van der Waals surface area contributed by atoms with Crippen molar-refractivity contribution < 1.29 is 5.11 Å². The van der Waals surface area contributed by atoms with Gasteiger partial charge in [0, 0.05) is 10.9 Å². The fourth-order valence-electron chi connectivity index (χ4n) is 2.28. The number of piperidine rings is 1. The third kappa shape index (κ3) is 2.98. The Bertz CT molecular complexity index is 345. The fourth-order valence-corrected chi connectivity index (χ4v) is 3.38. The summed E-state index contributed by atoms with van der Waals surface area (Å²) in [6.45, 7) is 2.96. The molecule has 2 nitrogen and oxygen atoms in total. The predicted molar refractivity (Wildman–Crippen MR) is 69.2 cm³/mol. The quantitative estimate of drug-likeness (QED) is 0.874. The number of aliphatic hydroxyl groups is 1. The zero-order valence-corrected chi connectivity index (χ0v) is 11.1. The van der Waals surface area contributed by atoms with E-state index in [9.17, 15) is 5.11 Å². The Hall–Kier alpha value is -0.0900. The zero-order valence-electron chi connectivity index (χ0n) is 9.50. The van der Waals surface area contributed by atoms with Crippen molar-refractivity contribution in [2.24, 2.45) is 0 Å². The van der Waals surface area contributed by atoms with E-state index in [1.54, 1.807) is 0 Å². The van der Waals surface area contributed by atoms with E-state index in [0.717, 1.165) is 28.6 Å². The molecular weight excluding hydrogens is 242 g/mol. The van der Waals surface area contributed by atoms with Crippen molar-refractivity contribution in [2.75, 3.05) is 6.54 Å². The lowest BCUT2D eigenvalue weighted by atomic mass is 9.91. The van der Waals surface area contributed by atoms with E-state index in [1.807, 2.05) is 19.1 Å². The second kappa shape index (κ2) is 5.05. The van der Waals surface area contributed by atoms with E-state index in [2.05, 4.69) is 5.32 Å². The zero-order chi connectivity index (χ0) is 11.6. The maximum atomic E-state index is 10.5. The molecule has 0 spiro atoms. The van der Waals surface area contributed by atoms with Crippen LogP contribution >= 0.6 is 22.9 Å². The molecule has 2 N–H and O–H groups in total. The summed E-state index contributed by atoms with van der Waals surface area (Å²) in [5.41, 5.74) is -0.757. The summed E-state index contributed by atoms with van der Waals surface area (Å²) >= 11 is 7.37. The Morgan fingerprint density at radius 3 is 2.94 bits per heavy atom. The van der Waals surface area contributed by atoms with Crippen molar-refractivity contribution in [1.82, 2.24) is 5.32 Å². The molecule has 2 heterocycles. The normalized spacial score (nSPS) is 25.3. The Balaban J connectivity index is 2.01. The molecule has 0 saturated carbocycles. The summed E-state index contributed by atoms with van der Waals surface area (Å²) in [7, 11) is 0. The maximum Gasteiger partial charge on any atom is 0.0975 e. The molecule has 1 aromatic heterocycles. The van der Waals surface area contributed by atoms with E-state index >= 15 is 0 Å². The second-order valence-corrected chi connectivity index (χ2v) is 6.44. The lowest BCUT2D eigenvalue weighted by molar-refractivity contribution is 0.0368. The lowest BCUT2D eigenvalue weighted by Gasteiger charge is -2.30. The summed E-state index contributed by atoms with van der Waals surface area (Å²) in [6, 6.07) is 4.21. The van der Waals surface area contributed by atoms with Gasteiger partial charge in [-0.25, -0.2) is 0 Å². The molecule has 2 rings (SSSR count). The van der Waals surface area contributed by atoms with Gasteiger partial charge < -0.3 is 10.4 Å². The van der Waals surface area contributed by atoms with Gasteiger partial charge in [0.05, 0.1) is 9.94 Å². The topological polar surface area (TPSA) is 32.3 Å².